The van der Waals surface area contributed by atoms with Gasteiger partial charge in [0.05, 0.1) is 17.3 Å². The molecule has 7 nitrogen and oxygen atoms in total. The molecule has 1 saturated heterocycles. The Labute approximate surface area is 139 Å². The number of aryl methyl sites for hydroxylation is 2. The van der Waals surface area contributed by atoms with Gasteiger partial charge in [0, 0.05) is 32.4 Å². The smallest absolute Gasteiger partial charge is 0.255 e. The third kappa shape index (κ3) is 2.55. The van der Waals surface area contributed by atoms with E-state index in [1.165, 1.54) is 17.8 Å². The first-order valence-electron chi connectivity index (χ1n) is 8.18. The third-order valence-electron chi connectivity index (χ3n) is 4.89. The molecule has 2 aromatic heterocycles. The monoisotopic (exact) mass is 325 g/mol. The van der Waals surface area contributed by atoms with Crippen LogP contribution < -0.4 is 10.5 Å². The van der Waals surface area contributed by atoms with Gasteiger partial charge in [-0.2, -0.15) is 5.10 Å². The number of fused-ring (bicyclic) bond motifs is 1. The van der Waals surface area contributed by atoms with Crippen molar-refractivity contribution < 1.29 is 4.79 Å². The predicted molar refractivity (Wildman–Crippen MR) is 89.2 cm³/mol. The molecule has 1 aliphatic carbocycles. The quantitative estimate of drug-likeness (QED) is 0.894. The van der Waals surface area contributed by atoms with Crippen molar-refractivity contribution >= 4 is 11.7 Å². The number of likely N-dealkylation sites (N-methyl/N-ethyl adjacent to an activating group) is 1. The summed E-state index contributed by atoms with van der Waals surface area (Å²) >= 11 is 0. The Kier molecular flexibility index (Phi) is 3.55. The Morgan fingerprint density at radius 1 is 1.29 bits per heavy atom. The minimum Gasteiger partial charge on any atom is -0.351 e. The highest BCUT2D eigenvalue weighted by molar-refractivity contribution is 5.94. The molecule has 0 radical (unpaired) electrons. The number of nitrogens with one attached hydrogen (secondary N) is 1. The number of hydrogen-bond acceptors (Lipinski definition) is 5. The zero-order valence-electron chi connectivity index (χ0n) is 13.5. The summed E-state index contributed by atoms with van der Waals surface area (Å²) < 4.78 is 0. The van der Waals surface area contributed by atoms with Crippen LogP contribution in [0.2, 0.25) is 0 Å². The second-order valence-corrected chi connectivity index (χ2v) is 6.44. The summed E-state index contributed by atoms with van der Waals surface area (Å²) in [6.07, 6.45) is 4.73. The lowest BCUT2D eigenvalue weighted by molar-refractivity contribution is 0.0704. The number of aromatic amines is 1. The van der Waals surface area contributed by atoms with Gasteiger partial charge in [-0.25, -0.2) is 0 Å². The number of carbonyl (C=O) groups excluding carboxylic acids is 1. The van der Waals surface area contributed by atoms with Crippen LogP contribution in [0.15, 0.2) is 29.2 Å². The standard InChI is InChI=1S/C17H19N5O2/c1-21(17(24)12-5-6-16(23)18-8-12)13-9-22(10-13)15-7-11-3-2-4-14(11)19-20-15/h5-8,13H,2-4,9-10H2,1H3,(H,18,23). The van der Waals surface area contributed by atoms with Crippen molar-refractivity contribution in [3.05, 3.63) is 51.6 Å². The van der Waals surface area contributed by atoms with Gasteiger partial charge < -0.3 is 14.8 Å². The van der Waals surface area contributed by atoms with E-state index in [0.717, 1.165) is 43.9 Å². The number of pyridine rings is 1. The Morgan fingerprint density at radius 3 is 2.88 bits per heavy atom. The highest BCUT2D eigenvalue weighted by atomic mass is 16.2. The molecule has 0 saturated carbocycles. The van der Waals surface area contributed by atoms with Crippen LogP contribution in [0.3, 0.4) is 0 Å². The number of aromatic nitrogens is 3. The molecule has 24 heavy (non-hydrogen) atoms. The van der Waals surface area contributed by atoms with Crippen LogP contribution in [0.25, 0.3) is 0 Å². The van der Waals surface area contributed by atoms with Crippen molar-refractivity contribution in [2.45, 2.75) is 25.3 Å². The van der Waals surface area contributed by atoms with Crippen LogP contribution in [-0.2, 0) is 12.8 Å². The van der Waals surface area contributed by atoms with Gasteiger partial charge in [-0.1, -0.05) is 0 Å². The van der Waals surface area contributed by atoms with Crippen LogP contribution in [0.5, 0.6) is 0 Å². The first-order valence-corrected chi connectivity index (χ1v) is 8.18. The molecule has 0 aromatic carbocycles. The summed E-state index contributed by atoms with van der Waals surface area (Å²) in [5.74, 6) is 0.813. The van der Waals surface area contributed by atoms with Gasteiger partial charge >= 0.3 is 0 Å². The fraction of sp³-hybridized carbons (Fsp3) is 0.412. The van der Waals surface area contributed by atoms with Gasteiger partial charge in [0.1, 0.15) is 0 Å². The lowest BCUT2D eigenvalue weighted by Crippen LogP contribution is -2.60. The summed E-state index contributed by atoms with van der Waals surface area (Å²) in [7, 11) is 1.80. The van der Waals surface area contributed by atoms with Crippen molar-refractivity contribution in [2.75, 3.05) is 25.0 Å². The summed E-state index contributed by atoms with van der Waals surface area (Å²) in [5, 5.41) is 8.63. The molecule has 7 heteroatoms. The highest BCUT2D eigenvalue weighted by Gasteiger charge is 2.34. The van der Waals surface area contributed by atoms with Crippen molar-refractivity contribution in [1.29, 1.82) is 0 Å². The van der Waals surface area contributed by atoms with Gasteiger partial charge in [0.2, 0.25) is 5.56 Å². The van der Waals surface area contributed by atoms with E-state index in [9.17, 15) is 9.59 Å². The molecule has 0 unspecified atom stereocenters. The van der Waals surface area contributed by atoms with E-state index in [1.54, 1.807) is 18.0 Å². The van der Waals surface area contributed by atoms with E-state index >= 15 is 0 Å². The first kappa shape index (κ1) is 14.9. The molecular formula is C17H19N5O2. The van der Waals surface area contributed by atoms with Gasteiger partial charge in [-0.15, -0.1) is 5.10 Å². The molecule has 4 rings (SSSR count). The van der Waals surface area contributed by atoms with Crippen molar-refractivity contribution in [3.63, 3.8) is 0 Å². The minimum absolute atomic E-state index is 0.0871. The summed E-state index contributed by atoms with van der Waals surface area (Å²) in [6, 6.07) is 5.20. The lowest BCUT2D eigenvalue weighted by atomic mass is 10.1. The Hall–Kier alpha value is -2.70. The number of carbonyl (C=O) groups is 1. The highest BCUT2D eigenvalue weighted by Crippen LogP contribution is 2.26. The predicted octanol–water partition coefficient (Wildman–Crippen LogP) is 0.614. The molecule has 1 aliphatic heterocycles. The minimum atomic E-state index is -0.209. The molecule has 0 spiro atoms. The van der Waals surface area contributed by atoms with Gasteiger partial charge in [0.25, 0.3) is 5.91 Å². The molecule has 2 aliphatic rings. The van der Waals surface area contributed by atoms with Crippen LogP contribution in [0.1, 0.15) is 28.0 Å². The molecule has 1 amide bonds. The molecule has 3 heterocycles. The molecule has 0 atom stereocenters. The van der Waals surface area contributed by atoms with Gasteiger partial charge in [0.15, 0.2) is 5.82 Å². The fourth-order valence-corrected chi connectivity index (χ4v) is 3.27. The largest absolute Gasteiger partial charge is 0.351 e. The number of nitrogens with zero attached hydrogens (tertiary/aromatic N) is 4. The molecule has 2 aromatic rings. The number of anilines is 1. The number of rotatable bonds is 3. The zero-order chi connectivity index (χ0) is 16.7. The zero-order valence-corrected chi connectivity index (χ0v) is 13.5. The maximum atomic E-state index is 12.4. The molecule has 0 bridgehead atoms. The lowest BCUT2D eigenvalue weighted by Gasteiger charge is -2.44. The average Bonchev–Trinajstić information content (AvgIpc) is 3.01. The Bertz CT molecular complexity index is 821. The van der Waals surface area contributed by atoms with Crippen molar-refractivity contribution in [2.24, 2.45) is 0 Å². The van der Waals surface area contributed by atoms with Crippen LogP contribution in [-0.4, -0.2) is 52.2 Å². The third-order valence-corrected chi connectivity index (χ3v) is 4.89. The Morgan fingerprint density at radius 2 is 2.12 bits per heavy atom. The SMILES string of the molecule is CN(C(=O)c1ccc(=O)[nH]c1)C1CN(c2cc3c(nn2)CCC3)C1. The molecular weight excluding hydrogens is 306 g/mol. The van der Waals surface area contributed by atoms with E-state index in [-0.39, 0.29) is 17.5 Å². The summed E-state index contributed by atoms with van der Waals surface area (Å²) in [5.41, 5.74) is 2.72. The maximum Gasteiger partial charge on any atom is 0.255 e. The van der Waals surface area contributed by atoms with Gasteiger partial charge in [-0.05, 0) is 37.0 Å². The summed E-state index contributed by atoms with van der Waals surface area (Å²) in [4.78, 5) is 30.0. The van der Waals surface area contributed by atoms with Crippen molar-refractivity contribution in [3.8, 4) is 0 Å². The van der Waals surface area contributed by atoms with Crippen LogP contribution in [0.4, 0.5) is 5.82 Å². The Balaban J connectivity index is 1.40. The normalized spacial score (nSPS) is 16.6. The van der Waals surface area contributed by atoms with Crippen molar-refractivity contribution in [1.82, 2.24) is 20.1 Å². The van der Waals surface area contributed by atoms with E-state index < -0.39 is 0 Å². The topological polar surface area (TPSA) is 82.2 Å². The number of hydrogen-bond donors (Lipinski definition) is 1. The van der Waals surface area contributed by atoms with Gasteiger partial charge in [-0.3, -0.25) is 9.59 Å². The summed E-state index contributed by atoms with van der Waals surface area (Å²) in [6.45, 7) is 1.50. The van der Waals surface area contributed by atoms with E-state index in [2.05, 4.69) is 26.1 Å². The molecule has 124 valence electrons. The second kappa shape index (κ2) is 5.74. The van der Waals surface area contributed by atoms with E-state index in [1.807, 2.05) is 0 Å². The average molecular weight is 325 g/mol. The first-order chi connectivity index (χ1) is 11.6. The van der Waals surface area contributed by atoms with Crippen LogP contribution in [0, 0.1) is 0 Å². The van der Waals surface area contributed by atoms with E-state index in [4.69, 9.17) is 0 Å². The van der Waals surface area contributed by atoms with Crippen LogP contribution >= 0.6 is 0 Å². The number of amides is 1. The maximum absolute atomic E-state index is 12.4. The second-order valence-electron chi connectivity index (χ2n) is 6.44. The molecule has 1 fully saturated rings. The molecule has 1 N–H and O–H groups in total. The number of H-pyrrole nitrogens is 1. The van der Waals surface area contributed by atoms with E-state index in [0.29, 0.717) is 5.56 Å². The fourth-order valence-electron chi connectivity index (χ4n) is 3.27.